The van der Waals surface area contributed by atoms with Crippen molar-refractivity contribution in [1.29, 1.82) is 5.26 Å². The van der Waals surface area contributed by atoms with Gasteiger partial charge in [-0.2, -0.15) is 5.26 Å². The van der Waals surface area contributed by atoms with Gasteiger partial charge in [-0.25, -0.2) is 4.98 Å². The van der Waals surface area contributed by atoms with Crippen LogP contribution in [0.3, 0.4) is 0 Å². The normalized spacial score (nSPS) is 9.93. The van der Waals surface area contributed by atoms with Gasteiger partial charge < -0.3 is 15.4 Å². The van der Waals surface area contributed by atoms with Gasteiger partial charge in [-0.05, 0) is 30.3 Å². The number of pyridine rings is 1. The molecule has 27 heavy (non-hydrogen) atoms. The third-order valence-electron chi connectivity index (χ3n) is 3.97. The van der Waals surface area contributed by atoms with E-state index in [0.717, 1.165) is 11.3 Å². The van der Waals surface area contributed by atoms with Crippen LogP contribution in [0.4, 0.5) is 11.5 Å². The topological polar surface area (TPSA) is 87.0 Å². The lowest BCUT2D eigenvalue weighted by molar-refractivity contribution is 0.102. The minimum atomic E-state index is -0.318. The van der Waals surface area contributed by atoms with E-state index in [1.54, 1.807) is 43.5 Å². The lowest BCUT2D eigenvalue weighted by Gasteiger charge is -2.10. The molecule has 0 aliphatic heterocycles. The molecule has 1 amide bonds. The second kappa shape index (κ2) is 8.50. The van der Waals surface area contributed by atoms with E-state index in [2.05, 4.69) is 21.7 Å². The Bertz CT molecular complexity index is 978. The quantitative estimate of drug-likeness (QED) is 0.699. The fourth-order valence-corrected chi connectivity index (χ4v) is 2.55. The van der Waals surface area contributed by atoms with Gasteiger partial charge in [-0.3, -0.25) is 4.79 Å². The number of aromatic nitrogens is 1. The van der Waals surface area contributed by atoms with Crippen LogP contribution in [0.5, 0.6) is 5.75 Å². The van der Waals surface area contributed by atoms with Gasteiger partial charge in [0, 0.05) is 18.3 Å². The van der Waals surface area contributed by atoms with Crippen LogP contribution in [0.1, 0.15) is 21.5 Å². The number of para-hydroxylation sites is 2. The molecule has 3 rings (SSSR count). The maximum atomic E-state index is 12.4. The third kappa shape index (κ3) is 4.41. The first-order chi connectivity index (χ1) is 13.2. The highest BCUT2D eigenvalue weighted by Crippen LogP contribution is 2.19. The largest absolute Gasteiger partial charge is 0.496 e. The maximum Gasteiger partial charge on any atom is 0.257 e. The summed E-state index contributed by atoms with van der Waals surface area (Å²) in [6.07, 6.45) is 1.49. The summed E-state index contributed by atoms with van der Waals surface area (Å²) in [6.45, 7) is 0.554. The number of nitriles is 1. The minimum Gasteiger partial charge on any atom is -0.496 e. The molecule has 0 atom stereocenters. The third-order valence-corrected chi connectivity index (χ3v) is 3.97. The highest BCUT2D eigenvalue weighted by molar-refractivity contribution is 6.04. The number of nitrogens with zero attached hydrogens (tertiary/aromatic N) is 2. The Hall–Kier alpha value is -3.85. The number of carbonyl (C=O) groups is 1. The van der Waals surface area contributed by atoms with E-state index in [1.165, 1.54) is 6.20 Å². The number of anilines is 2. The van der Waals surface area contributed by atoms with E-state index in [4.69, 9.17) is 10.00 Å². The second-order valence-electron chi connectivity index (χ2n) is 5.71. The molecule has 0 aliphatic carbocycles. The van der Waals surface area contributed by atoms with Crippen molar-refractivity contribution in [1.82, 2.24) is 4.98 Å². The highest BCUT2D eigenvalue weighted by Gasteiger charge is 2.09. The lowest BCUT2D eigenvalue weighted by atomic mass is 10.2. The number of nitrogens with one attached hydrogen (secondary N) is 2. The summed E-state index contributed by atoms with van der Waals surface area (Å²) in [6, 6.07) is 20.1. The summed E-state index contributed by atoms with van der Waals surface area (Å²) in [5, 5.41) is 15.0. The molecule has 134 valence electrons. The first kappa shape index (κ1) is 18.0. The fourth-order valence-electron chi connectivity index (χ4n) is 2.55. The van der Waals surface area contributed by atoms with E-state index >= 15 is 0 Å². The molecule has 0 bridgehead atoms. The van der Waals surface area contributed by atoms with Gasteiger partial charge in [0.2, 0.25) is 0 Å². The number of methoxy groups -OCH3 is 1. The van der Waals surface area contributed by atoms with Crippen molar-refractivity contribution in [3.8, 4) is 11.8 Å². The SMILES string of the molecule is COc1ccccc1CNc1ccc(C(=O)Nc2ccccc2C#N)cn1. The Labute approximate surface area is 157 Å². The smallest absolute Gasteiger partial charge is 0.257 e. The Morgan fingerprint density at radius 3 is 2.63 bits per heavy atom. The predicted octanol–water partition coefficient (Wildman–Crippen LogP) is 3.83. The zero-order valence-electron chi connectivity index (χ0n) is 14.8. The van der Waals surface area contributed by atoms with Crippen LogP contribution in [0.2, 0.25) is 0 Å². The van der Waals surface area contributed by atoms with Crippen LogP contribution in [0, 0.1) is 11.3 Å². The fraction of sp³-hybridized carbons (Fsp3) is 0.0952. The number of hydrogen-bond donors (Lipinski definition) is 2. The van der Waals surface area contributed by atoms with Crippen LogP contribution >= 0.6 is 0 Å². The molecule has 0 aliphatic rings. The Morgan fingerprint density at radius 1 is 1.11 bits per heavy atom. The number of amides is 1. The van der Waals surface area contributed by atoms with E-state index < -0.39 is 0 Å². The number of carbonyl (C=O) groups excluding carboxylic acids is 1. The molecule has 3 aromatic rings. The second-order valence-corrected chi connectivity index (χ2v) is 5.71. The summed E-state index contributed by atoms with van der Waals surface area (Å²) in [5.74, 6) is 1.13. The van der Waals surface area contributed by atoms with Crippen molar-refractivity contribution >= 4 is 17.4 Å². The summed E-state index contributed by atoms with van der Waals surface area (Å²) in [4.78, 5) is 16.6. The van der Waals surface area contributed by atoms with Gasteiger partial charge in [-0.1, -0.05) is 30.3 Å². The average molecular weight is 358 g/mol. The molecule has 0 fully saturated rings. The summed E-state index contributed by atoms with van der Waals surface area (Å²) >= 11 is 0. The van der Waals surface area contributed by atoms with Crippen molar-refractivity contribution < 1.29 is 9.53 Å². The molecular weight excluding hydrogens is 340 g/mol. The standard InChI is InChI=1S/C21H18N4O2/c1-27-19-9-5-3-7-16(19)13-23-20-11-10-17(14-24-20)21(26)25-18-8-4-2-6-15(18)12-22/h2-11,14H,13H2,1H3,(H,23,24)(H,25,26). The maximum absolute atomic E-state index is 12.4. The van der Waals surface area contributed by atoms with Crippen molar-refractivity contribution in [3.63, 3.8) is 0 Å². The summed E-state index contributed by atoms with van der Waals surface area (Å²) in [7, 11) is 1.63. The van der Waals surface area contributed by atoms with Gasteiger partial charge in [0.1, 0.15) is 17.6 Å². The molecule has 1 aromatic heterocycles. The predicted molar refractivity (Wildman–Crippen MR) is 104 cm³/mol. The summed E-state index contributed by atoms with van der Waals surface area (Å²) < 4.78 is 5.32. The Morgan fingerprint density at radius 2 is 1.89 bits per heavy atom. The molecule has 0 saturated heterocycles. The molecule has 1 heterocycles. The minimum absolute atomic E-state index is 0.318. The van der Waals surface area contributed by atoms with Gasteiger partial charge in [0.25, 0.3) is 5.91 Å². The Balaban J connectivity index is 1.64. The average Bonchev–Trinajstić information content (AvgIpc) is 2.73. The first-order valence-corrected chi connectivity index (χ1v) is 8.33. The van der Waals surface area contributed by atoms with Crippen molar-refractivity contribution in [2.75, 3.05) is 17.7 Å². The molecule has 2 N–H and O–H groups in total. The van der Waals surface area contributed by atoms with Gasteiger partial charge in [0.05, 0.1) is 23.9 Å². The molecule has 0 saturated carbocycles. The van der Waals surface area contributed by atoms with Crippen LogP contribution in [0.25, 0.3) is 0 Å². The molecule has 0 unspecified atom stereocenters. The van der Waals surface area contributed by atoms with Crippen molar-refractivity contribution in [2.24, 2.45) is 0 Å². The van der Waals surface area contributed by atoms with Crippen LogP contribution in [-0.4, -0.2) is 18.0 Å². The van der Waals surface area contributed by atoms with E-state index in [1.807, 2.05) is 24.3 Å². The highest BCUT2D eigenvalue weighted by atomic mass is 16.5. The molecule has 6 nitrogen and oxygen atoms in total. The molecule has 2 aromatic carbocycles. The van der Waals surface area contributed by atoms with Gasteiger partial charge in [0.15, 0.2) is 0 Å². The van der Waals surface area contributed by atoms with E-state index in [0.29, 0.717) is 29.2 Å². The number of hydrogen-bond acceptors (Lipinski definition) is 5. The molecular formula is C21H18N4O2. The zero-order chi connectivity index (χ0) is 19.1. The Kier molecular flexibility index (Phi) is 5.65. The molecule has 6 heteroatoms. The lowest BCUT2D eigenvalue weighted by Crippen LogP contribution is -2.13. The van der Waals surface area contributed by atoms with E-state index in [-0.39, 0.29) is 5.91 Å². The van der Waals surface area contributed by atoms with Gasteiger partial charge in [-0.15, -0.1) is 0 Å². The van der Waals surface area contributed by atoms with E-state index in [9.17, 15) is 4.79 Å². The number of benzene rings is 2. The number of ether oxygens (including phenoxy) is 1. The van der Waals surface area contributed by atoms with Crippen LogP contribution in [-0.2, 0) is 6.54 Å². The van der Waals surface area contributed by atoms with Crippen LogP contribution in [0.15, 0.2) is 66.9 Å². The zero-order valence-corrected chi connectivity index (χ0v) is 14.8. The van der Waals surface area contributed by atoms with Crippen LogP contribution < -0.4 is 15.4 Å². The van der Waals surface area contributed by atoms with Crippen molar-refractivity contribution in [2.45, 2.75) is 6.54 Å². The van der Waals surface area contributed by atoms with Crippen molar-refractivity contribution in [3.05, 3.63) is 83.6 Å². The summed E-state index contributed by atoms with van der Waals surface area (Å²) in [5.41, 5.74) is 2.31. The first-order valence-electron chi connectivity index (χ1n) is 8.33. The monoisotopic (exact) mass is 358 g/mol. The number of rotatable bonds is 6. The molecule has 0 radical (unpaired) electrons. The molecule has 0 spiro atoms. The van der Waals surface area contributed by atoms with Gasteiger partial charge >= 0.3 is 0 Å².